The minimum atomic E-state index is -0.355. The Hall–Kier alpha value is -1.14. The number of aliphatic hydroxyl groups is 1. The fourth-order valence-corrected chi connectivity index (χ4v) is 2.50. The van der Waals surface area contributed by atoms with E-state index in [1.807, 2.05) is 6.92 Å². The molecule has 0 bridgehead atoms. The van der Waals surface area contributed by atoms with Crippen molar-refractivity contribution >= 4 is 11.8 Å². The maximum Gasteiger partial charge on any atom is 0.241 e. The molecule has 6 nitrogen and oxygen atoms in total. The molecule has 3 N–H and O–H groups in total. The van der Waals surface area contributed by atoms with Gasteiger partial charge in [-0.1, -0.05) is 6.92 Å². The summed E-state index contributed by atoms with van der Waals surface area (Å²) in [6.07, 6.45) is 0.927. The lowest BCUT2D eigenvalue weighted by molar-refractivity contribution is -0.136. The number of nitrogens with zero attached hydrogens (tertiary/aromatic N) is 1. The molecular weight excluding hydrogens is 222 g/mol. The molecule has 2 aliphatic rings. The van der Waals surface area contributed by atoms with Gasteiger partial charge in [0.2, 0.25) is 11.8 Å². The number of aliphatic hydroxyl groups excluding tert-OH is 1. The lowest BCUT2D eigenvalue weighted by Crippen LogP contribution is -2.59. The number of amides is 2. The van der Waals surface area contributed by atoms with Crippen molar-refractivity contribution in [1.82, 2.24) is 15.5 Å². The molecule has 3 atom stereocenters. The van der Waals surface area contributed by atoms with E-state index < -0.39 is 0 Å². The molecule has 2 heterocycles. The molecule has 6 heteroatoms. The Labute approximate surface area is 100 Å². The van der Waals surface area contributed by atoms with E-state index in [4.69, 9.17) is 0 Å². The Morgan fingerprint density at radius 1 is 1.59 bits per heavy atom. The summed E-state index contributed by atoms with van der Waals surface area (Å²) >= 11 is 0. The number of piperazine rings is 1. The van der Waals surface area contributed by atoms with Gasteiger partial charge in [-0.05, 0) is 12.3 Å². The third-order valence-corrected chi connectivity index (χ3v) is 3.66. The average Bonchev–Trinajstić information content (AvgIpc) is 2.70. The molecule has 0 aliphatic carbocycles. The number of nitrogens with one attached hydrogen (secondary N) is 2. The van der Waals surface area contributed by atoms with Gasteiger partial charge in [-0.2, -0.15) is 0 Å². The number of likely N-dealkylation sites (tertiary alicyclic amines) is 1. The lowest BCUT2D eigenvalue weighted by Gasteiger charge is -2.31. The van der Waals surface area contributed by atoms with Crippen LogP contribution in [0.25, 0.3) is 0 Å². The molecule has 0 aromatic rings. The van der Waals surface area contributed by atoms with Crippen LogP contribution in [-0.2, 0) is 9.59 Å². The fourth-order valence-electron chi connectivity index (χ4n) is 2.50. The molecule has 3 unspecified atom stereocenters. The van der Waals surface area contributed by atoms with Crippen molar-refractivity contribution in [1.29, 1.82) is 0 Å². The lowest BCUT2D eigenvalue weighted by atomic mass is 10.0. The SMILES string of the molecule is CC1CCN(C(=O)C2CNC(=O)CN2)C1CO. The van der Waals surface area contributed by atoms with Crippen molar-refractivity contribution in [3.8, 4) is 0 Å². The van der Waals surface area contributed by atoms with Crippen LogP contribution in [0.2, 0.25) is 0 Å². The third-order valence-electron chi connectivity index (χ3n) is 3.66. The van der Waals surface area contributed by atoms with Crippen LogP contribution in [0.3, 0.4) is 0 Å². The molecule has 2 amide bonds. The van der Waals surface area contributed by atoms with Crippen molar-refractivity contribution in [2.75, 3.05) is 26.2 Å². The molecular formula is C11H19N3O3. The number of carbonyl (C=O) groups is 2. The summed E-state index contributed by atoms with van der Waals surface area (Å²) in [6, 6.07) is -0.436. The zero-order valence-electron chi connectivity index (χ0n) is 9.98. The normalized spacial score (nSPS) is 33.6. The minimum absolute atomic E-state index is 0.00594. The summed E-state index contributed by atoms with van der Waals surface area (Å²) in [4.78, 5) is 24.9. The van der Waals surface area contributed by atoms with Gasteiger partial charge in [0.15, 0.2) is 0 Å². The third kappa shape index (κ3) is 2.42. The molecule has 0 saturated carbocycles. The first kappa shape index (κ1) is 12.3. The Bertz CT molecular complexity index is 311. The number of carbonyl (C=O) groups excluding carboxylic acids is 2. The van der Waals surface area contributed by atoms with E-state index >= 15 is 0 Å². The molecule has 2 aliphatic heterocycles. The quantitative estimate of drug-likeness (QED) is 0.538. The van der Waals surface area contributed by atoms with Crippen molar-refractivity contribution in [3.63, 3.8) is 0 Å². The van der Waals surface area contributed by atoms with E-state index in [-0.39, 0.29) is 37.0 Å². The van der Waals surface area contributed by atoms with Crippen LogP contribution in [-0.4, -0.2) is 60.1 Å². The summed E-state index contributed by atoms with van der Waals surface area (Å²) in [5, 5.41) is 14.9. The predicted octanol–water partition coefficient (Wildman–Crippen LogP) is -1.70. The zero-order valence-corrected chi connectivity index (χ0v) is 9.98. The van der Waals surface area contributed by atoms with E-state index in [0.29, 0.717) is 19.0 Å². The van der Waals surface area contributed by atoms with Crippen LogP contribution < -0.4 is 10.6 Å². The van der Waals surface area contributed by atoms with Crippen molar-refractivity contribution in [3.05, 3.63) is 0 Å². The Kier molecular flexibility index (Phi) is 3.63. The van der Waals surface area contributed by atoms with E-state index in [9.17, 15) is 14.7 Å². The van der Waals surface area contributed by atoms with Gasteiger partial charge in [0.05, 0.1) is 19.2 Å². The second-order valence-corrected chi connectivity index (χ2v) is 4.79. The van der Waals surface area contributed by atoms with Crippen LogP contribution in [0, 0.1) is 5.92 Å². The van der Waals surface area contributed by atoms with Crippen LogP contribution in [0.5, 0.6) is 0 Å². The summed E-state index contributed by atoms with van der Waals surface area (Å²) < 4.78 is 0. The number of rotatable bonds is 2. The first-order valence-electron chi connectivity index (χ1n) is 6.05. The molecule has 17 heavy (non-hydrogen) atoms. The highest BCUT2D eigenvalue weighted by Gasteiger charge is 2.37. The Morgan fingerprint density at radius 3 is 2.94 bits per heavy atom. The smallest absolute Gasteiger partial charge is 0.241 e. The standard InChI is InChI=1S/C11H19N3O3/c1-7-2-3-14(9(7)6-15)11(17)8-4-13-10(16)5-12-8/h7-9,12,15H,2-6H2,1H3,(H,13,16). The van der Waals surface area contributed by atoms with Gasteiger partial charge in [-0.25, -0.2) is 0 Å². The van der Waals surface area contributed by atoms with Gasteiger partial charge in [0.25, 0.3) is 0 Å². The molecule has 0 radical (unpaired) electrons. The van der Waals surface area contributed by atoms with E-state index in [1.54, 1.807) is 4.90 Å². The summed E-state index contributed by atoms with van der Waals surface area (Å²) in [5.74, 6) is 0.234. The highest BCUT2D eigenvalue weighted by Crippen LogP contribution is 2.24. The van der Waals surface area contributed by atoms with Crippen LogP contribution in [0.1, 0.15) is 13.3 Å². The maximum absolute atomic E-state index is 12.2. The topological polar surface area (TPSA) is 81.7 Å². The van der Waals surface area contributed by atoms with E-state index in [2.05, 4.69) is 10.6 Å². The van der Waals surface area contributed by atoms with Gasteiger partial charge < -0.3 is 15.3 Å². The molecule has 2 saturated heterocycles. The first-order chi connectivity index (χ1) is 8.13. The molecule has 2 fully saturated rings. The molecule has 96 valence electrons. The summed E-state index contributed by atoms with van der Waals surface area (Å²) in [6.45, 7) is 3.26. The first-order valence-corrected chi connectivity index (χ1v) is 6.05. The highest BCUT2D eigenvalue weighted by atomic mass is 16.3. The van der Waals surface area contributed by atoms with Crippen LogP contribution >= 0.6 is 0 Å². The summed E-state index contributed by atoms with van der Waals surface area (Å²) in [5.41, 5.74) is 0. The second kappa shape index (κ2) is 5.01. The predicted molar refractivity (Wildman–Crippen MR) is 61.2 cm³/mol. The van der Waals surface area contributed by atoms with Gasteiger partial charge in [0.1, 0.15) is 6.04 Å². The second-order valence-electron chi connectivity index (χ2n) is 4.79. The Balaban J connectivity index is 1.97. The molecule has 0 aromatic carbocycles. The fraction of sp³-hybridized carbons (Fsp3) is 0.818. The summed E-state index contributed by atoms with van der Waals surface area (Å²) in [7, 11) is 0. The van der Waals surface area contributed by atoms with Crippen molar-refractivity contribution < 1.29 is 14.7 Å². The van der Waals surface area contributed by atoms with Crippen molar-refractivity contribution in [2.24, 2.45) is 5.92 Å². The van der Waals surface area contributed by atoms with Crippen molar-refractivity contribution in [2.45, 2.75) is 25.4 Å². The van der Waals surface area contributed by atoms with Crippen LogP contribution in [0.4, 0.5) is 0 Å². The minimum Gasteiger partial charge on any atom is -0.394 e. The van der Waals surface area contributed by atoms with E-state index in [0.717, 1.165) is 6.42 Å². The Morgan fingerprint density at radius 2 is 2.35 bits per heavy atom. The number of hydrogen-bond donors (Lipinski definition) is 3. The highest BCUT2D eigenvalue weighted by molar-refractivity contribution is 5.87. The van der Waals surface area contributed by atoms with E-state index in [1.165, 1.54) is 0 Å². The number of hydrogen-bond acceptors (Lipinski definition) is 4. The van der Waals surface area contributed by atoms with Crippen LogP contribution in [0.15, 0.2) is 0 Å². The zero-order chi connectivity index (χ0) is 12.4. The molecule has 0 aromatic heterocycles. The van der Waals surface area contributed by atoms with Gasteiger partial charge in [-0.15, -0.1) is 0 Å². The van der Waals surface area contributed by atoms with Gasteiger partial charge >= 0.3 is 0 Å². The molecule has 2 rings (SSSR count). The monoisotopic (exact) mass is 241 g/mol. The van der Waals surface area contributed by atoms with Gasteiger partial charge in [0, 0.05) is 13.1 Å². The largest absolute Gasteiger partial charge is 0.394 e. The average molecular weight is 241 g/mol. The molecule has 0 spiro atoms. The van der Waals surface area contributed by atoms with Gasteiger partial charge in [-0.3, -0.25) is 14.9 Å². The maximum atomic E-state index is 12.2.